The molecule has 0 aromatic heterocycles. The molecule has 0 saturated carbocycles. The Kier molecular flexibility index (Phi) is 4.11. The van der Waals surface area contributed by atoms with E-state index in [9.17, 15) is 15.0 Å². The molecule has 1 fully saturated rings. The average Bonchev–Trinajstić information content (AvgIpc) is 2.27. The minimum atomic E-state index is -1.28. The topological polar surface area (TPSA) is 99.0 Å². The maximum absolute atomic E-state index is 11.0. The maximum atomic E-state index is 11.0. The van der Waals surface area contributed by atoms with Gasteiger partial charge in [-0.3, -0.25) is 4.79 Å². The molecule has 1 heterocycles. The van der Waals surface area contributed by atoms with Crippen LogP contribution in [-0.4, -0.2) is 52.4 Å². The molecule has 1 rings (SSSR count). The second kappa shape index (κ2) is 5.58. The van der Waals surface area contributed by atoms with Gasteiger partial charge in [0.05, 0.1) is 18.8 Å². The number of nitrogens with one attached hydrogen (secondary N) is 1. The van der Waals surface area contributed by atoms with Crippen molar-refractivity contribution >= 4 is 5.91 Å². The van der Waals surface area contributed by atoms with E-state index in [0.29, 0.717) is 6.42 Å². The van der Waals surface area contributed by atoms with Crippen molar-refractivity contribution in [1.82, 2.24) is 5.32 Å². The van der Waals surface area contributed by atoms with Crippen LogP contribution in [0.3, 0.4) is 0 Å². The van der Waals surface area contributed by atoms with Gasteiger partial charge in [-0.05, 0) is 6.42 Å². The molecule has 0 aliphatic carbocycles. The van der Waals surface area contributed by atoms with Gasteiger partial charge in [0.15, 0.2) is 6.29 Å². The highest BCUT2D eigenvalue weighted by Gasteiger charge is 2.43. The van der Waals surface area contributed by atoms with Crippen LogP contribution < -0.4 is 5.32 Å². The molecule has 6 nitrogen and oxygen atoms in total. The van der Waals surface area contributed by atoms with Crippen molar-refractivity contribution in [2.45, 2.75) is 44.8 Å². The Morgan fingerprint density at radius 1 is 1.56 bits per heavy atom. The Labute approximate surface area is 95.6 Å². The normalized spacial score (nSPS) is 40.2. The summed E-state index contributed by atoms with van der Waals surface area (Å²) in [4.78, 5) is 11.0. The standard InChI is InChI=1S/C10H19NO5/c1-3-6-8(11-5(2)13)10(15)16-7(4-12)9(6)14/h6-10,12,14-15H,3-4H2,1-2H3,(H,11,13)/t6-,7-,8+,9+,10?/m1/s1/i1D. The van der Waals surface area contributed by atoms with Crippen molar-refractivity contribution in [1.29, 1.82) is 0 Å². The minimum Gasteiger partial charge on any atom is -0.394 e. The monoisotopic (exact) mass is 234 g/mol. The van der Waals surface area contributed by atoms with Crippen molar-refractivity contribution in [3.05, 3.63) is 0 Å². The predicted molar refractivity (Wildman–Crippen MR) is 55.4 cm³/mol. The number of hydrogen-bond acceptors (Lipinski definition) is 5. The smallest absolute Gasteiger partial charge is 0.217 e. The first-order valence-corrected chi connectivity index (χ1v) is 5.20. The highest BCUT2D eigenvalue weighted by molar-refractivity contribution is 5.73. The summed E-state index contributed by atoms with van der Waals surface area (Å²) in [5, 5.41) is 31.1. The molecule has 0 spiro atoms. The lowest BCUT2D eigenvalue weighted by Gasteiger charge is -2.42. The van der Waals surface area contributed by atoms with E-state index in [1.165, 1.54) is 6.92 Å². The van der Waals surface area contributed by atoms with E-state index in [-0.39, 0.29) is 12.8 Å². The van der Waals surface area contributed by atoms with Gasteiger partial charge >= 0.3 is 0 Å². The third-order valence-electron chi connectivity index (χ3n) is 2.79. The first kappa shape index (κ1) is 11.8. The van der Waals surface area contributed by atoms with E-state index in [0.717, 1.165) is 0 Å². The van der Waals surface area contributed by atoms with Crippen molar-refractivity contribution in [3.8, 4) is 0 Å². The summed E-state index contributed by atoms with van der Waals surface area (Å²) < 4.78 is 12.2. The van der Waals surface area contributed by atoms with Crippen LogP contribution in [0.4, 0.5) is 0 Å². The van der Waals surface area contributed by atoms with Crippen LogP contribution in [0, 0.1) is 5.92 Å². The molecule has 1 aliphatic heterocycles. The largest absolute Gasteiger partial charge is 0.394 e. The zero-order chi connectivity index (χ0) is 13.0. The number of ether oxygens (including phenoxy) is 1. The molecule has 1 amide bonds. The van der Waals surface area contributed by atoms with E-state index in [1.807, 2.05) is 0 Å². The molecule has 16 heavy (non-hydrogen) atoms. The number of aliphatic hydroxyl groups is 3. The van der Waals surface area contributed by atoms with E-state index >= 15 is 0 Å². The first-order chi connectivity index (χ1) is 8.01. The van der Waals surface area contributed by atoms with Crippen LogP contribution in [0.1, 0.15) is 21.6 Å². The second-order valence-corrected chi connectivity index (χ2v) is 3.92. The Bertz CT molecular complexity index is 265. The minimum absolute atomic E-state index is 0.0582. The zero-order valence-electron chi connectivity index (χ0n) is 10.2. The lowest BCUT2D eigenvalue weighted by molar-refractivity contribution is -0.241. The number of aliphatic hydroxyl groups excluding tert-OH is 3. The molecule has 0 aromatic carbocycles. The van der Waals surface area contributed by atoms with E-state index in [4.69, 9.17) is 11.2 Å². The maximum Gasteiger partial charge on any atom is 0.217 e. The summed E-state index contributed by atoms with van der Waals surface area (Å²) in [7, 11) is 0. The Balaban J connectivity index is 2.81. The van der Waals surface area contributed by atoms with Gasteiger partial charge in [0.1, 0.15) is 6.10 Å². The van der Waals surface area contributed by atoms with E-state index < -0.39 is 37.1 Å². The van der Waals surface area contributed by atoms with E-state index in [1.54, 1.807) is 0 Å². The SMILES string of the molecule is [2H]CC[C@H]1[C@H](O)[C@@H](CO)OC(O)[C@H]1NC(C)=O. The van der Waals surface area contributed by atoms with Gasteiger partial charge in [0.2, 0.25) is 5.91 Å². The van der Waals surface area contributed by atoms with Crippen molar-refractivity contribution < 1.29 is 26.2 Å². The van der Waals surface area contributed by atoms with Gasteiger partial charge < -0.3 is 25.4 Å². The summed E-state index contributed by atoms with van der Waals surface area (Å²) in [5.74, 6) is -0.848. The molecular formula is C10H19NO5. The van der Waals surface area contributed by atoms with Gasteiger partial charge in [-0.15, -0.1) is 0 Å². The van der Waals surface area contributed by atoms with Crippen molar-refractivity contribution in [3.63, 3.8) is 0 Å². The Morgan fingerprint density at radius 2 is 2.25 bits per heavy atom. The summed E-state index contributed by atoms with van der Waals surface area (Å²) in [6.07, 6.45) is -2.86. The van der Waals surface area contributed by atoms with Crippen LogP contribution in [-0.2, 0) is 9.53 Å². The summed E-state index contributed by atoms with van der Waals surface area (Å²) in [5.41, 5.74) is 0. The third kappa shape index (κ3) is 2.70. The fourth-order valence-electron chi connectivity index (χ4n) is 1.96. The number of amides is 1. The van der Waals surface area contributed by atoms with Crippen LogP contribution in [0.15, 0.2) is 0 Å². The van der Waals surface area contributed by atoms with Crippen molar-refractivity contribution in [2.75, 3.05) is 6.61 Å². The number of rotatable bonds is 3. The molecule has 6 heteroatoms. The number of carbonyl (C=O) groups is 1. The highest BCUT2D eigenvalue weighted by atomic mass is 16.6. The van der Waals surface area contributed by atoms with Gasteiger partial charge in [-0.1, -0.05) is 6.90 Å². The Morgan fingerprint density at radius 3 is 2.75 bits per heavy atom. The van der Waals surface area contributed by atoms with Crippen LogP contribution in [0.5, 0.6) is 0 Å². The molecule has 5 atom stereocenters. The van der Waals surface area contributed by atoms with Crippen LogP contribution >= 0.6 is 0 Å². The third-order valence-corrected chi connectivity index (χ3v) is 2.79. The van der Waals surface area contributed by atoms with Crippen LogP contribution in [0.2, 0.25) is 0 Å². The molecule has 94 valence electrons. The highest BCUT2D eigenvalue weighted by Crippen LogP contribution is 2.27. The van der Waals surface area contributed by atoms with Crippen molar-refractivity contribution in [2.24, 2.45) is 5.92 Å². The lowest BCUT2D eigenvalue weighted by Crippen LogP contribution is -2.60. The van der Waals surface area contributed by atoms with E-state index in [2.05, 4.69) is 5.32 Å². The molecule has 1 saturated heterocycles. The van der Waals surface area contributed by atoms with Gasteiger partial charge in [-0.25, -0.2) is 0 Å². The molecule has 0 aromatic rings. The molecule has 0 radical (unpaired) electrons. The predicted octanol–water partition coefficient (Wildman–Crippen LogP) is -1.41. The molecular weight excluding hydrogens is 214 g/mol. The van der Waals surface area contributed by atoms with Gasteiger partial charge in [0.25, 0.3) is 0 Å². The molecule has 1 aliphatic rings. The first-order valence-electron chi connectivity index (χ1n) is 5.90. The second-order valence-electron chi connectivity index (χ2n) is 3.92. The quantitative estimate of drug-likeness (QED) is 0.481. The molecule has 4 N–H and O–H groups in total. The number of hydrogen-bond donors (Lipinski definition) is 4. The molecule has 1 unspecified atom stereocenters. The lowest BCUT2D eigenvalue weighted by atomic mass is 9.85. The summed E-state index contributed by atoms with van der Waals surface area (Å²) in [6, 6.07) is -0.754. The average molecular weight is 234 g/mol. The fraction of sp³-hybridized carbons (Fsp3) is 0.900. The van der Waals surface area contributed by atoms with Gasteiger partial charge in [0, 0.05) is 14.2 Å². The fourth-order valence-corrected chi connectivity index (χ4v) is 1.96. The molecule has 0 bridgehead atoms. The summed E-state index contributed by atoms with van der Waals surface area (Å²) in [6.45, 7) is 0.942. The number of carbonyl (C=O) groups excluding carboxylic acids is 1. The summed E-state index contributed by atoms with van der Waals surface area (Å²) >= 11 is 0. The van der Waals surface area contributed by atoms with Crippen LogP contribution in [0.25, 0.3) is 0 Å². The van der Waals surface area contributed by atoms with Gasteiger partial charge in [-0.2, -0.15) is 0 Å². The Hall–Kier alpha value is -0.690. The zero-order valence-corrected chi connectivity index (χ0v) is 9.17.